The van der Waals surface area contributed by atoms with Crippen LogP contribution in [0.3, 0.4) is 0 Å². The zero-order valence-corrected chi connectivity index (χ0v) is 4.13. The molecule has 0 radical (unpaired) electrons. The molecule has 0 aliphatic rings. The monoisotopic (exact) mass is 98.0 g/mol. The summed E-state index contributed by atoms with van der Waals surface area (Å²) in [5, 5.41) is 2.12. The van der Waals surface area contributed by atoms with E-state index < -0.39 is 0 Å². The quantitative estimate of drug-likeness (QED) is 0.400. The van der Waals surface area contributed by atoms with Crippen molar-refractivity contribution in [2.75, 3.05) is 0 Å². The number of halogens is 1. The van der Waals surface area contributed by atoms with Crippen molar-refractivity contribution in [3.8, 4) is 23.1 Å². The van der Waals surface area contributed by atoms with Gasteiger partial charge in [-0.2, -0.15) is 0 Å². The SMILES string of the molecule is CC#CC#CCl. The summed E-state index contributed by atoms with van der Waals surface area (Å²) >= 11 is 4.92. The van der Waals surface area contributed by atoms with Crippen LogP contribution in [-0.2, 0) is 0 Å². The zero-order chi connectivity index (χ0) is 4.83. The maximum absolute atomic E-state index is 4.92. The highest BCUT2D eigenvalue weighted by Gasteiger charge is 1.43. The first-order chi connectivity index (χ1) is 2.91. The van der Waals surface area contributed by atoms with Crippen LogP contribution in [0.25, 0.3) is 0 Å². The average molecular weight is 98.5 g/mol. The van der Waals surface area contributed by atoms with E-state index in [1.54, 1.807) is 6.92 Å². The highest BCUT2D eigenvalue weighted by molar-refractivity contribution is 6.30. The van der Waals surface area contributed by atoms with Gasteiger partial charge in [0.2, 0.25) is 0 Å². The molecule has 0 unspecified atom stereocenters. The van der Waals surface area contributed by atoms with Gasteiger partial charge in [0.25, 0.3) is 0 Å². The van der Waals surface area contributed by atoms with E-state index >= 15 is 0 Å². The maximum atomic E-state index is 4.92. The van der Waals surface area contributed by atoms with Crippen molar-refractivity contribution in [3.05, 3.63) is 0 Å². The first kappa shape index (κ1) is 5.41. The van der Waals surface area contributed by atoms with Crippen molar-refractivity contribution in [1.29, 1.82) is 0 Å². The Morgan fingerprint density at radius 2 is 2.00 bits per heavy atom. The normalized spacial score (nSPS) is 3.67. The number of hydrogen-bond acceptors (Lipinski definition) is 0. The van der Waals surface area contributed by atoms with E-state index in [0.717, 1.165) is 0 Å². The van der Waals surface area contributed by atoms with Crippen molar-refractivity contribution >= 4 is 11.6 Å². The number of hydrogen-bond donors (Lipinski definition) is 0. The molecule has 0 heterocycles. The fourth-order valence-corrected chi connectivity index (χ4v) is 0.133. The van der Waals surface area contributed by atoms with Gasteiger partial charge in [-0.15, -0.1) is 0 Å². The van der Waals surface area contributed by atoms with E-state index in [-0.39, 0.29) is 0 Å². The van der Waals surface area contributed by atoms with Gasteiger partial charge in [0.05, 0.1) is 0 Å². The van der Waals surface area contributed by atoms with Crippen LogP contribution in [0.1, 0.15) is 6.92 Å². The van der Waals surface area contributed by atoms with Gasteiger partial charge in [0.15, 0.2) is 0 Å². The van der Waals surface area contributed by atoms with Crippen molar-refractivity contribution in [2.45, 2.75) is 6.92 Å². The predicted molar refractivity (Wildman–Crippen MR) is 27.1 cm³/mol. The summed E-state index contributed by atoms with van der Waals surface area (Å²) in [6.07, 6.45) is 0. The predicted octanol–water partition coefficient (Wildman–Crippen LogP) is 1.21. The molecule has 0 amide bonds. The smallest absolute Gasteiger partial charge is 0.0184 e. The van der Waals surface area contributed by atoms with Crippen LogP contribution in [0.5, 0.6) is 0 Å². The third kappa shape index (κ3) is 3.41. The van der Waals surface area contributed by atoms with Crippen molar-refractivity contribution in [3.63, 3.8) is 0 Å². The minimum Gasteiger partial charge on any atom is -0.0925 e. The Kier molecular flexibility index (Phi) is 3.98. The van der Waals surface area contributed by atoms with E-state index in [9.17, 15) is 0 Å². The van der Waals surface area contributed by atoms with Gasteiger partial charge in [-0.25, -0.2) is 0 Å². The molecule has 0 aliphatic heterocycles. The molecule has 0 rings (SSSR count). The third-order valence-electron chi connectivity index (χ3n) is 0.235. The lowest BCUT2D eigenvalue weighted by Gasteiger charge is -1.46. The lowest BCUT2D eigenvalue weighted by molar-refractivity contribution is 1.92. The Balaban J connectivity index is 3.43. The van der Waals surface area contributed by atoms with Crippen LogP contribution >= 0.6 is 11.6 Å². The maximum Gasteiger partial charge on any atom is 0.0184 e. The van der Waals surface area contributed by atoms with E-state index in [4.69, 9.17) is 11.6 Å². The van der Waals surface area contributed by atoms with E-state index in [2.05, 4.69) is 23.1 Å². The Bertz CT molecular complexity index is 107. The molecule has 0 nitrogen and oxygen atoms in total. The summed E-state index contributed by atoms with van der Waals surface area (Å²) in [4.78, 5) is 0. The van der Waals surface area contributed by atoms with Crippen LogP contribution in [0.4, 0.5) is 0 Å². The minimum absolute atomic E-state index is 1.71. The molecule has 0 spiro atoms. The largest absolute Gasteiger partial charge is 0.0925 e. The highest BCUT2D eigenvalue weighted by atomic mass is 35.5. The average Bonchev–Trinajstić information content (AvgIpc) is 1.61. The highest BCUT2D eigenvalue weighted by Crippen LogP contribution is 1.58. The van der Waals surface area contributed by atoms with Gasteiger partial charge in [0, 0.05) is 11.3 Å². The molecule has 0 aromatic heterocycles. The summed E-state index contributed by atoms with van der Waals surface area (Å²) in [7, 11) is 0. The van der Waals surface area contributed by atoms with Crippen LogP contribution < -0.4 is 0 Å². The molecule has 1 heteroatoms. The molecular formula is C5H3Cl. The van der Waals surface area contributed by atoms with Gasteiger partial charge < -0.3 is 0 Å². The second-order valence-corrected chi connectivity index (χ2v) is 0.783. The van der Waals surface area contributed by atoms with Gasteiger partial charge in [-0.05, 0) is 24.4 Å². The summed E-state index contributed by atoms with van der Waals surface area (Å²) in [6.45, 7) is 1.71. The first-order valence-corrected chi connectivity index (χ1v) is 1.82. The summed E-state index contributed by atoms with van der Waals surface area (Å²) in [6, 6.07) is 0. The molecule has 6 heavy (non-hydrogen) atoms. The molecule has 0 atom stereocenters. The minimum atomic E-state index is 1.71. The summed E-state index contributed by atoms with van der Waals surface area (Å²) in [5.41, 5.74) is 0. The number of rotatable bonds is 0. The summed E-state index contributed by atoms with van der Waals surface area (Å²) < 4.78 is 0. The standard InChI is InChI=1S/C5H3Cl/c1-2-3-4-5-6/h1H3. The second kappa shape index (κ2) is 4.41. The summed E-state index contributed by atoms with van der Waals surface area (Å²) in [5.74, 6) is 7.37. The van der Waals surface area contributed by atoms with E-state index in [1.165, 1.54) is 0 Å². The lowest BCUT2D eigenvalue weighted by atomic mass is 10.6. The fourth-order valence-electron chi connectivity index (χ4n) is 0.0861. The van der Waals surface area contributed by atoms with Gasteiger partial charge in [-0.1, -0.05) is 5.92 Å². The van der Waals surface area contributed by atoms with Gasteiger partial charge in [-0.3, -0.25) is 0 Å². The lowest BCUT2D eigenvalue weighted by Crippen LogP contribution is -1.40. The van der Waals surface area contributed by atoms with Crippen LogP contribution in [-0.4, -0.2) is 0 Å². The molecule has 0 saturated carbocycles. The van der Waals surface area contributed by atoms with E-state index in [1.807, 2.05) is 0 Å². The van der Waals surface area contributed by atoms with Gasteiger partial charge >= 0.3 is 0 Å². The second-order valence-electron chi connectivity index (χ2n) is 0.594. The van der Waals surface area contributed by atoms with Crippen molar-refractivity contribution < 1.29 is 0 Å². The molecule has 0 aromatic rings. The Labute approximate surface area is 42.5 Å². The van der Waals surface area contributed by atoms with Gasteiger partial charge in [0.1, 0.15) is 0 Å². The van der Waals surface area contributed by atoms with E-state index in [0.29, 0.717) is 0 Å². The Morgan fingerprint density at radius 1 is 1.33 bits per heavy atom. The molecule has 30 valence electrons. The molecule has 0 fully saturated rings. The molecule has 0 N–H and O–H groups in total. The Hall–Kier alpha value is -0.590. The first-order valence-electron chi connectivity index (χ1n) is 1.44. The molecular weight excluding hydrogens is 95.5 g/mol. The molecule has 0 bridgehead atoms. The Morgan fingerprint density at radius 3 is 2.17 bits per heavy atom. The van der Waals surface area contributed by atoms with Crippen molar-refractivity contribution in [2.24, 2.45) is 0 Å². The van der Waals surface area contributed by atoms with Crippen LogP contribution in [0.15, 0.2) is 0 Å². The molecule has 0 saturated heterocycles. The molecule has 0 aliphatic carbocycles. The van der Waals surface area contributed by atoms with Crippen LogP contribution in [0, 0.1) is 23.1 Å². The van der Waals surface area contributed by atoms with Crippen molar-refractivity contribution in [1.82, 2.24) is 0 Å². The van der Waals surface area contributed by atoms with Crippen LogP contribution in [0.2, 0.25) is 0 Å². The fraction of sp³-hybridized carbons (Fsp3) is 0.200. The topological polar surface area (TPSA) is 0 Å². The molecule has 0 aromatic carbocycles. The third-order valence-corrected chi connectivity index (χ3v) is 0.329. The zero-order valence-electron chi connectivity index (χ0n) is 3.38.